The highest BCUT2D eigenvalue weighted by atomic mass is 35.5. The summed E-state index contributed by atoms with van der Waals surface area (Å²) in [5, 5.41) is 0. The molecule has 0 amide bonds. The number of halogens is 2. The minimum absolute atomic E-state index is 0.356. The average Bonchev–Trinajstić information content (AvgIpc) is 2.30. The van der Waals surface area contributed by atoms with Crippen LogP contribution in [0.15, 0.2) is 58.6 Å². The summed E-state index contributed by atoms with van der Waals surface area (Å²) in [6, 6.07) is 10.3. The van der Waals surface area contributed by atoms with E-state index in [9.17, 15) is 0 Å². The Morgan fingerprint density at radius 1 is 1.00 bits per heavy atom. The van der Waals surface area contributed by atoms with E-state index in [0.29, 0.717) is 4.49 Å². The molecule has 1 aromatic carbocycles. The fourth-order valence-electron chi connectivity index (χ4n) is 1.53. The molecule has 1 aliphatic carbocycles. The SMILES string of the molecule is ClC(Cl)=C1C=CC(c2ccccc2)=CC1. The van der Waals surface area contributed by atoms with Crippen molar-refractivity contribution in [2.45, 2.75) is 6.42 Å². The average molecular weight is 237 g/mol. The van der Waals surface area contributed by atoms with Crippen molar-refractivity contribution < 1.29 is 0 Å². The van der Waals surface area contributed by atoms with Crippen LogP contribution in [0.5, 0.6) is 0 Å². The van der Waals surface area contributed by atoms with Crippen molar-refractivity contribution in [3.05, 3.63) is 64.2 Å². The van der Waals surface area contributed by atoms with E-state index in [2.05, 4.69) is 18.2 Å². The molecule has 0 bridgehead atoms. The van der Waals surface area contributed by atoms with Gasteiger partial charge in [-0.3, -0.25) is 0 Å². The Morgan fingerprint density at radius 3 is 2.27 bits per heavy atom. The zero-order chi connectivity index (χ0) is 10.7. The Kier molecular flexibility index (Phi) is 3.30. The lowest BCUT2D eigenvalue weighted by molar-refractivity contribution is 1.27. The number of allylic oxidation sites excluding steroid dienone is 5. The number of hydrogen-bond donors (Lipinski definition) is 0. The van der Waals surface area contributed by atoms with Crippen molar-refractivity contribution in [2.75, 3.05) is 0 Å². The molecule has 0 heterocycles. The quantitative estimate of drug-likeness (QED) is 0.662. The van der Waals surface area contributed by atoms with Gasteiger partial charge in [0.15, 0.2) is 0 Å². The fraction of sp³-hybridized carbons (Fsp3) is 0.0769. The molecule has 15 heavy (non-hydrogen) atoms. The van der Waals surface area contributed by atoms with Crippen molar-refractivity contribution in [1.82, 2.24) is 0 Å². The highest BCUT2D eigenvalue weighted by Crippen LogP contribution is 2.27. The normalized spacial score (nSPS) is 15.1. The summed E-state index contributed by atoms with van der Waals surface area (Å²) < 4.78 is 0.356. The van der Waals surface area contributed by atoms with Crippen molar-refractivity contribution >= 4 is 28.8 Å². The maximum absolute atomic E-state index is 5.71. The summed E-state index contributed by atoms with van der Waals surface area (Å²) in [7, 11) is 0. The molecule has 0 radical (unpaired) electrons. The lowest BCUT2D eigenvalue weighted by Crippen LogP contribution is -1.88. The zero-order valence-electron chi connectivity index (χ0n) is 8.08. The van der Waals surface area contributed by atoms with Gasteiger partial charge in [0.2, 0.25) is 0 Å². The molecule has 2 rings (SSSR count). The monoisotopic (exact) mass is 236 g/mol. The molecule has 0 spiro atoms. The van der Waals surface area contributed by atoms with E-state index >= 15 is 0 Å². The lowest BCUT2D eigenvalue weighted by atomic mass is 9.98. The largest absolute Gasteiger partial charge is 0.110 e. The first-order valence-electron chi connectivity index (χ1n) is 4.75. The van der Waals surface area contributed by atoms with Crippen molar-refractivity contribution in [2.24, 2.45) is 0 Å². The smallest absolute Gasteiger partial charge is 0.0722 e. The molecule has 0 aromatic heterocycles. The summed E-state index contributed by atoms with van der Waals surface area (Å²) in [6.45, 7) is 0. The molecule has 0 atom stereocenters. The third-order valence-electron chi connectivity index (χ3n) is 2.36. The first-order chi connectivity index (χ1) is 7.27. The van der Waals surface area contributed by atoms with Gasteiger partial charge in [0.25, 0.3) is 0 Å². The number of rotatable bonds is 1. The number of hydrogen-bond acceptors (Lipinski definition) is 0. The topological polar surface area (TPSA) is 0 Å². The van der Waals surface area contributed by atoms with Gasteiger partial charge in [0.1, 0.15) is 4.49 Å². The first kappa shape index (κ1) is 10.5. The zero-order valence-corrected chi connectivity index (χ0v) is 9.59. The van der Waals surface area contributed by atoms with E-state index in [4.69, 9.17) is 23.2 Å². The standard InChI is InChI=1S/C13H10Cl2/c14-13(15)12-8-6-11(7-9-12)10-4-2-1-3-5-10/h1-8H,9H2. The summed E-state index contributed by atoms with van der Waals surface area (Å²) in [5.74, 6) is 0. The van der Waals surface area contributed by atoms with Gasteiger partial charge in [-0.2, -0.15) is 0 Å². The second-order valence-electron chi connectivity index (χ2n) is 3.35. The summed E-state index contributed by atoms with van der Waals surface area (Å²) in [6.07, 6.45) is 6.94. The van der Waals surface area contributed by atoms with Gasteiger partial charge in [-0.15, -0.1) is 0 Å². The van der Waals surface area contributed by atoms with E-state index in [0.717, 1.165) is 12.0 Å². The van der Waals surface area contributed by atoms with E-state index in [1.54, 1.807) is 0 Å². The van der Waals surface area contributed by atoms with Gasteiger partial charge in [0.05, 0.1) is 0 Å². The summed E-state index contributed by atoms with van der Waals surface area (Å²) >= 11 is 11.4. The number of benzene rings is 1. The Balaban J connectivity index is 2.24. The molecule has 0 N–H and O–H groups in total. The molecule has 1 aromatic rings. The highest BCUT2D eigenvalue weighted by molar-refractivity contribution is 6.56. The van der Waals surface area contributed by atoms with Crippen molar-refractivity contribution in [3.8, 4) is 0 Å². The maximum atomic E-state index is 5.71. The molecule has 76 valence electrons. The Labute approximate surface area is 99.5 Å². The molecule has 1 aliphatic rings. The van der Waals surface area contributed by atoms with Gasteiger partial charge >= 0.3 is 0 Å². The van der Waals surface area contributed by atoms with E-state index in [-0.39, 0.29) is 0 Å². The maximum Gasteiger partial charge on any atom is 0.110 e. The van der Waals surface area contributed by atoms with E-state index in [1.165, 1.54) is 11.1 Å². The Hall–Kier alpha value is -0.980. The van der Waals surface area contributed by atoms with Crippen molar-refractivity contribution in [1.29, 1.82) is 0 Å². The van der Waals surface area contributed by atoms with E-state index < -0.39 is 0 Å². The summed E-state index contributed by atoms with van der Waals surface area (Å²) in [5.41, 5.74) is 3.41. The van der Waals surface area contributed by atoms with E-state index in [1.807, 2.05) is 30.4 Å². The minimum Gasteiger partial charge on any atom is -0.0722 e. The van der Waals surface area contributed by atoms with Crippen LogP contribution in [0.4, 0.5) is 0 Å². The van der Waals surface area contributed by atoms with Gasteiger partial charge in [-0.1, -0.05) is 71.8 Å². The summed E-state index contributed by atoms with van der Waals surface area (Å²) in [4.78, 5) is 0. The van der Waals surface area contributed by atoms with Gasteiger partial charge < -0.3 is 0 Å². The lowest BCUT2D eigenvalue weighted by Gasteiger charge is -2.09. The van der Waals surface area contributed by atoms with Gasteiger partial charge in [0, 0.05) is 0 Å². The molecule has 0 fully saturated rings. The molecule has 0 aliphatic heterocycles. The molecule has 0 saturated heterocycles. The van der Waals surface area contributed by atoms with Gasteiger partial charge in [-0.05, 0) is 23.1 Å². The van der Waals surface area contributed by atoms with Crippen LogP contribution in [0.1, 0.15) is 12.0 Å². The van der Waals surface area contributed by atoms with Gasteiger partial charge in [-0.25, -0.2) is 0 Å². The Morgan fingerprint density at radius 2 is 1.73 bits per heavy atom. The van der Waals surface area contributed by atoms with Crippen LogP contribution in [0.2, 0.25) is 0 Å². The Bertz CT molecular complexity index is 435. The third kappa shape index (κ3) is 2.53. The molecular formula is C13H10Cl2. The van der Waals surface area contributed by atoms with Crippen molar-refractivity contribution in [3.63, 3.8) is 0 Å². The molecule has 0 saturated carbocycles. The predicted octanol–water partition coefficient (Wildman–Crippen LogP) is 4.72. The van der Waals surface area contributed by atoms with Crippen LogP contribution in [0, 0.1) is 0 Å². The predicted molar refractivity (Wildman–Crippen MR) is 66.9 cm³/mol. The van der Waals surface area contributed by atoms with Crippen LogP contribution >= 0.6 is 23.2 Å². The van der Waals surface area contributed by atoms with Crippen LogP contribution in [0.25, 0.3) is 5.57 Å². The van der Waals surface area contributed by atoms with Crippen LogP contribution in [0.3, 0.4) is 0 Å². The molecule has 0 nitrogen and oxygen atoms in total. The third-order valence-corrected chi connectivity index (χ3v) is 2.84. The second-order valence-corrected chi connectivity index (χ2v) is 4.30. The van der Waals surface area contributed by atoms with Crippen LogP contribution in [-0.2, 0) is 0 Å². The molecule has 2 heteroatoms. The first-order valence-corrected chi connectivity index (χ1v) is 5.51. The fourth-order valence-corrected chi connectivity index (χ4v) is 1.81. The van der Waals surface area contributed by atoms with Crippen LogP contribution < -0.4 is 0 Å². The molecular weight excluding hydrogens is 227 g/mol. The minimum atomic E-state index is 0.356. The highest BCUT2D eigenvalue weighted by Gasteiger charge is 2.05. The second kappa shape index (κ2) is 4.69. The molecule has 0 unspecified atom stereocenters. The van der Waals surface area contributed by atoms with Crippen LogP contribution in [-0.4, -0.2) is 0 Å².